The lowest BCUT2D eigenvalue weighted by Crippen LogP contribution is -2.01. The van der Waals surface area contributed by atoms with E-state index in [1.54, 1.807) is 6.07 Å². The molecular formula is C11H9FN4OS. The van der Waals surface area contributed by atoms with E-state index in [1.807, 2.05) is 4.57 Å². The molecule has 0 aliphatic rings. The summed E-state index contributed by atoms with van der Waals surface area (Å²) in [7, 11) is 0. The second-order valence-electron chi connectivity index (χ2n) is 3.83. The molecule has 0 amide bonds. The van der Waals surface area contributed by atoms with Crippen LogP contribution >= 0.6 is 12.2 Å². The van der Waals surface area contributed by atoms with Gasteiger partial charge in [0.1, 0.15) is 5.82 Å². The number of hydrogen-bond donors (Lipinski definition) is 1. The van der Waals surface area contributed by atoms with Gasteiger partial charge in [-0.15, -0.1) is 0 Å². The van der Waals surface area contributed by atoms with Gasteiger partial charge in [0, 0.05) is 13.0 Å². The molecule has 0 fully saturated rings. The topological polar surface area (TPSA) is 59.6 Å². The number of halogens is 1. The van der Waals surface area contributed by atoms with Crippen LogP contribution in [0.4, 0.5) is 4.39 Å². The Hall–Kier alpha value is -2.02. The Bertz CT molecular complexity index is 731. The molecule has 7 heteroatoms. The maximum atomic E-state index is 13.2. The number of hydrogen-bond acceptors (Lipinski definition) is 4. The van der Waals surface area contributed by atoms with E-state index in [0.29, 0.717) is 23.6 Å². The van der Waals surface area contributed by atoms with Crippen molar-refractivity contribution in [2.75, 3.05) is 0 Å². The molecule has 5 nitrogen and oxygen atoms in total. The number of imidazole rings is 1. The Kier molecular flexibility index (Phi) is 2.67. The van der Waals surface area contributed by atoms with Crippen LogP contribution in [0.2, 0.25) is 0 Å². The normalized spacial score (nSPS) is 11.2. The summed E-state index contributed by atoms with van der Waals surface area (Å²) < 4.78 is 20.5. The number of nitrogens with one attached hydrogen (secondary N) is 1. The number of aryl methyl sites for hydroxylation is 2. The van der Waals surface area contributed by atoms with Gasteiger partial charge < -0.3 is 14.1 Å². The minimum absolute atomic E-state index is 0.289. The zero-order chi connectivity index (χ0) is 12.5. The Morgan fingerprint density at radius 3 is 3.11 bits per heavy atom. The maximum Gasteiger partial charge on any atom is 0.228 e. The van der Waals surface area contributed by atoms with Crippen molar-refractivity contribution in [2.45, 2.75) is 13.0 Å². The fourth-order valence-electron chi connectivity index (χ4n) is 1.86. The standard InChI is InChI=1S/C11H9FN4OS/c12-7-1-2-8-9(5-7)16(11(18)15-8)4-3-10-13-6-14-17-10/h1-2,5-6H,3-4H2,(H,15,18). The van der Waals surface area contributed by atoms with E-state index < -0.39 is 0 Å². The van der Waals surface area contributed by atoms with Gasteiger partial charge in [-0.2, -0.15) is 4.98 Å². The van der Waals surface area contributed by atoms with Crippen LogP contribution in [0.3, 0.4) is 0 Å². The first kappa shape index (κ1) is 11.1. The first-order valence-electron chi connectivity index (χ1n) is 5.37. The lowest BCUT2D eigenvalue weighted by molar-refractivity contribution is 0.371. The quantitative estimate of drug-likeness (QED) is 0.738. The van der Waals surface area contributed by atoms with Gasteiger partial charge in [0.2, 0.25) is 5.89 Å². The van der Waals surface area contributed by atoms with Crippen LogP contribution in [0, 0.1) is 10.6 Å². The highest BCUT2D eigenvalue weighted by Crippen LogP contribution is 2.16. The molecule has 3 aromatic rings. The van der Waals surface area contributed by atoms with Gasteiger partial charge in [-0.1, -0.05) is 5.16 Å². The molecule has 0 saturated carbocycles. The molecule has 2 heterocycles. The van der Waals surface area contributed by atoms with E-state index in [2.05, 4.69) is 15.1 Å². The lowest BCUT2D eigenvalue weighted by atomic mass is 10.3. The smallest absolute Gasteiger partial charge is 0.228 e. The summed E-state index contributed by atoms with van der Waals surface area (Å²) in [5.74, 6) is 0.241. The number of aromatic amines is 1. The number of rotatable bonds is 3. The van der Waals surface area contributed by atoms with Crippen LogP contribution in [0.25, 0.3) is 11.0 Å². The first-order chi connectivity index (χ1) is 8.74. The Morgan fingerprint density at radius 2 is 2.33 bits per heavy atom. The summed E-state index contributed by atoms with van der Waals surface area (Å²) >= 11 is 5.21. The molecule has 1 N–H and O–H groups in total. The molecular weight excluding hydrogens is 255 g/mol. The number of benzene rings is 1. The number of nitrogens with zero attached hydrogens (tertiary/aromatic N) is 3. The van der Waals surface area contributed by atoms with E-state index in [1.165, 1.54) is 18.5 Å². The molecule has 92 valence electrons. The van der Waals surface area contributed by atoms with Crippen LogP contribution in [-0.2, 0) is 13.0 Å². The third kappa shape index (κ3) is 1.92. The van der Waals surface area contributed by atoms with E-state index in [0.717, 1.165) is 11.0 Å². The molecule has 0 bridgehead atoms. The van der Waals surface area contributed by atoms with Gasteiger partial charge in [0.25, 0.3) is 0 Å². The molecule has 0 aliphatic carbocycles. The number of aromatic nitrogens is 4. The molecule has 18 heavy (non-hydrogen) atoms. The molecule has 0 spiro atoms. The van der Waals surface area contributed by atoms with E-state index >= 15 is 0 Å². The summed E-state index contributed by atoms with van der Waals surface area (Å²) in [5, 5.41) is 3.53. The van der Waals surface area contributed by atoms with E-state index in [4.69, 9.17) is 16.7 Å². The lowest BCUT2D eigenvalue weighted by Gasteiger charge is -2.01. The van der Waals surface area contributed by atoms with Gasteiger partial charge in [-0.3, -0.25) is 0 Å². The van der Waals surface area contributed by atoms with Crippen molar-refractivity contribution in [1.29, 1.82) is 0 Å². The van der Waals surface area contributed by atoms with Crippen LogP contribution in [0.15, 0.2) is 29.0 Å². The van der Waals surface area contributed by atoms with Crippen LogP contribution < -0.4 is 0 Å². The van der Waals surface area contributed by atoms with Gasteiger partial charge >= 0.3 is 0 Å². The predicted octanol–water partition coefficient (Wildman–Crippen LogP) is 2.46. The minimum atomic E-state index is -0.289. The number of fused-ring (bicyclic) bond motifs is 1. The maximum absolute atomic E-state index is 13.2. The predicted molar refractivity (Wildman–Crippen MR) is 65.1 cm³/mol. The summed E-state index contributed by atoms with van der Waals surface area (Å²) in [6, 6.07) is 4.52. The Morgan fingerprint density at radius 1 is 1.44 bits per heavy atom. The SMILES string of the molecule is Fc1ccc2[nH]c(=S)n(CCc3ncno3)c2c1. The molecule has 0 unspecified atom stereocenters. The third-order valence-corrected chi connectivity index (χ3v) is 3.02. The van der Waals surface area contributed by atoms with Gasteiger partial charge in [-0.25, -0.2) is 4.39 Å². The average molecular weight is 264 g/mol. The van der Waals surface area contributed by atoms with Crippen LogP contribution in [0.1, 0.15) is 5.89 Å². The fourth-order valence-corrected chi connectivity index (χ4v) is 2.16. The van der Waals surface area contributed by atoms with E-state index in [9.17, 15) is 4.39 Å². The van der Waals surface area contributed by atoms with Crippen molar-refractivity contribution in [2.24, 2.45) is 0 Å². The summed E-state index contributed by atoms with van der Waals surface area (Å²) in [5.41, 5.74) is 1.55. The Balaban J connectivity index is 1.98. The molecule has 1 aromatic carbocycles. The van der Waals surface area contributed by atoms with Crippen molar-refractivity contribution in [3.63, 3.8) is 0 Å². The second-order valence-corrected chi connectivity index (χ2v) is 4.21. The summed E-state index contributed by atoms with van der Waals surface area (Å²) in [4.78, 5) is 6.96. The second kappa shape index (κ2) is 4.34. The molecule has 0 atom stereocenters. The third-order valence-electron chi connectivity index (χ3n) is 2.69. The van der Waals surface area contributed by atoms with Crippen molar-refractivity contribution in [1.82, 2.24) is 19.7 Å². The average Bonchev–Trinajstić information content (AvgIpc) is 2.94. The first-order valence-corrected chi connectivity index (χ1v) is 5.78. The fraction of sp³-hybridized carbons (Fsp3) is 0.182. The van der Waals surface area contributed by atoms with Crippen LogP contribution in [-0.4, -0.2) is 19.7 Å². The van der Waals surface area contributed by atoms with Crippen molar-refractivity contribution in [3.05, 3.63) is 41.0 Å². The van der Waals surface area contributed by atoms with Crippen molar-refractivity contribution >= 4 is 23.3 Å². The highest BCUT2D eigenvalue weighted by molar-refractivity contribution is 7.71. The van der Waals surface area contributed by atoms with Crippen LogP contribution in [0.5, 0.6) is 0 Å². The van der Waals surface area contributed by atoms with E-state index in [-0.39, 0.29) is 5.82 Å². The summed E-state index contributed by atoms with van der Waals surface area (Å²) in [6.45, 7) is 0.560. The zero-order valence-corrected chi connectivity index (χ0v) is 10.1. The number of H-pyrrole nitrogens is 1. The van der Waals surface area contributed by atoms with Gasteiger partial charge in [0.05, 0.1) is 11.0 Å². The minimum Gasteiger partial charge on any atom is -0.340 e. The largest absolute Gasteiger partial charge is 0.340 e. The molecule has 0 radical (unpaired) electrons. The highest BCUT2D eigenvalue weighted by atomic mass is 32.1. The van der Waals surface area contributed by atoms with Crippen molar-refractivity contribution < 1.29 is 8.91 Å². The van der Waals surface area contributed by atoms with Gasteiger partial charge in [-0.05, 0) is 30.4 Å². The van der Waals surface area contributed by atoms with Crippen molar-refractivity contribution in [3.8, 4) is 0 Å². The Labute approximate surface area is 106 Å². The summed E-state index contributed by atoms with van der Waals surface area (Å²) in [6.07, 6.45) is 1.90. The highest BCUT2D eigenvalue weighted by Gasteiger charge is 2.07. The van der Waals surface area contributed by atoms with Gasteiger partial charge in [0.15, 0.2) is 11.1 Å². The molecule has 0 aliphatic heterocycles. The molecule has 0 saturated heterocycles. The zero-order valence-electron chi connectivity index (χ0n) is 9.26. The monoisotopic (exact) mass is 264 g/mol. The molecule has 3 rings (SSSR count). The molecule has 2 aromatic heterocycles.